The maximum atomic E-state index is 12.8. The summed E-state index contributed by atoms with van der Waals surface area (Å²) in [5.74, 6) is -1.30. The molecule has 3 heterocycles. The number of carbonyl (C=O) groups is 4. The Morgan fingerprint density at radius 2 is 2.03 bits per heavy atom. The normalized spacial score (nSPS) is 12.9. The lowest BCUT2D eigenvalue weighted by molar-refractivity contribution is -0.160. The van der Waals surface area contributed by atoms with E-state index in [9.17, 15) is 19.2 Å². The fourth-order valence-electron chi connectivity index (χ4n) is 3.39. The van der Waals surface area contributed by atoms with Crippen LogP contribution >= 0.6 is 0 Å². The monoisotopic (exact) mass is 466 g/mol. The number of amides is 3. The minimum absolute atomic E-state index is 0.0351. The highest BCUT2D eigenvalue weighted by atomic mass is 16.6. The van der Waals surface area contributed by atoms with Crippen molar-refractivity contribution in [1.29, 1.82) is 0 Å². The molecule has 2 aromatic heterocycles. The van der Waals surface area contributed by atoms with E-state index in [0.29, 0.717) is 28.2 Å². The van der Waals surface area contributed by atoms with Gasteiger partial charge < -0.3 is 30.4 Å². The number of carbonyl (C=O) groups excluding carboxylic acids is 4. The summed E-state index contributed by atoms with van der Waals surface area (Å²) < 4.78 is 10.4. The Balaban J connectivity index is 1.48. The molecule has 176 valence electrons. The molecule has 3 aromatic rings. The Labute approximate surface area is 193 Å². The van der Waals surface area contributed by atoms with Crippen LogP contribution in [0.15, 0.2) is 30.7 Å². The summed E-state index contributed by atoms with van der Waals surface area (Å²) in [6, 6.07) is 5.21. The molecule has 4 rings (SSSR count). The van der Waals surface area contributed by atoms with Crippen LogP contribution in [0.1, 0.15) is 36.8 Å². The molecule has 4 N–H and O–H groups in total. The molecule has 0 saturated heterocycles. The third kappa shape index (κ3) is 4.65. The van der Waals surface area contributed by atoms with Gasteiger partial charge in [-0.15, -0.1) is 0 Å². The molecule has 1 aromatic carbocycles. The zero-order valence-corrected chi connectivity index (χ0v) is 18.6. The van der Waals surface area contributed by atoms with Gasteiger partial charge in [0.1, 0.15) is 17.6 Å². The van der Waals surface area contributed by atoms with Crippen LogP contribution in [0.5, 0.6) is 5.75 Å². The molecule has 1 aliphatic heterocycles. The minimum atomic E-state index is -1.40. The first kappa shape index (κ1) is 22.7. The summed E-state index contributed by atoms with van der Waals surface area (Å²) in [6.45, 7) is 4.28. The first-order valence-corrected chi connectivity index (χ1v) is 10.3. The van der Waals surface area contributed by atoms with Gasteiger partial charge in [-0.1, -0.05) is 6.07 Å². The van der Waals surface area contributed by atoms with E-state index in [2.05, 4.69) is 30.9 Å². The van der Waals surface area contributed by atoms with E-state index in [4.69, 9.17) is 9.47 Å². The molecule has 0 radical (unpaired) electrons. The van der Waals surface area contributed by atoms with Crippen LogP contribution in [0, 0.1) is 0 Å². The molecule has 0 aliphatic carbocycles. The number of aromatic amines is 1. The third-order valence-electron chi connectivity index (χ3n) is 5.00. The lowest BCUT2D eigenvalue weighted by atomic mass is 10.1. The summed E-state index contributed by atoms with van der Waals surface area (Å²) in [5, 5.41) is 8.14. The summed E-state index contributed by atoms with van der Waals surface area (Å²) in [6.07, 6.45) is 2.69. The number of ether oxygens (including phenoxy) is 2. The Bertz CT molecular complexity index is 1310. The maximum absolute atomic E-state index is 12.8. The first-order valence-electron chi connectivity index (χ1n) is 10.3. The lowest BCUT2D eigenvalue weighted by Gasteiger charge is -2.22. The second-order valence-corrected chi connectivity index (χ2v) is 8.06. The Morgan fingerprint density at radius 3 is 2.79 bits per heavy atom. The molecule has 0 unspecified atom stereocenters. The smallest absolute Gasteiger partial charge is 0.303 e. The van der Waals surface area contributed by atoms with Crippen molar-refractivity contribution < 1.29 is 28.7 Å². The van der Waals surface area contributed by atoms with Gasteiger partial charge >= 0.3 is 5.97 Å². The fourth-order valence-corrected chi connectivity index (χ4v) is 3.39. The van der Waals surface area contributed by atoms with Crippen molar-refractivity contribution in [3.8, 4) is 5.75 Å². The van der Waals surface area contributed by atoms with E-state index >= 15 is 0 Å². The first-order chi connectivity index (χ1) is 16.1. The van der Waals surface area contributed by atoms with Gasteiger partial charge in [0.15, 0.2) is 17.9 Å². The van der Waals surface area contributed by atoms with Crippen molar-refractivity contribution in [2.75, 3.05) is 17.2 Å². The summed E-state index contributed by atoms with van der Waals surface area (Å²) in [7, 11) is 0. The van der Waals surface area contributed by atoms with Gasteiger partial charge in [-0.2, -0.15) is 0 Å². The molecule has 0 bridgehead atoms. The molecule has 0 atom stereocenters. The molecule has 0 fully saturated rings. The zero-order chi connectivity index (χ0) is 24.5. The molecule has 12 heteroatoms. The zero-order valence-electron chi connectivity index (χ0n) is 18.6. The van der Waals surface area contributed by atoms with Gasteiger partial charge in [0.25, 0.3) is 17.7 Å². The number of anilines is 2. The predicted octanol–water partition coefficient (Wildman–Crippen LogP) is 1.50. The van der Waals surface area contributed by atoms with Gasteiger partial charge in [-0.3, -0.25) is 19.2 Å². The predicted molar refractivity (Wildman–Crippen MR) is 120 cm³/mol. The number of hydrogen-bond donors (Lipinski definition) is 4. The van der Waals surface area contributed by atoms with Gasteiger partial charge in [0.2, 0.25) is 0 Å². The third-order valence-corrected chi connectivity index (χ3v) is 5.00. The molecule has 12 nitrogen and oxygen atoms in total. The molecular weight excluding hydrogens is 444 g/mol. The van der Waals surface area contributed by atoms with Gasteiger partial charge in [0, 0.05) is 19.7 Å². The maximum Gasteiger partial charge on any atom is 0.303 e. The number of H-pyrrole nitrogens is 1. The van der Waals surface area contributed by atoms with Crippen LogP contribution in [0.3, 0.4) is 0 Å². The standard InChI is InChI=1S/C22H22N6O6/c1-11(29)34-22(2,3)21(32)28-14-8-23-18-17(14)25-10-26-19(18)20(31)24-7-12-4-5-15-13(6-12)27-16(30)9-33-15/h4-6,8,10,23H,7,9H2,1-3H3,(H,24,31)(H,27,30)(H,28,32). The Kier molecular flexibility index (Phi) is 5.88. The average Bonchev–Trinajstić information content (AvgIpc) is 3.19. The molecular formula is C22H22N6O6. The second-order valence-electron chi connectivity index (χ2n) is 8.06. The molecule has 1 aliphatic rings. The van der Waals surface area contributed by atoms with Crippen molar-refractivity contribution in [1.82, 2.24) is 20.3 Å². The largest absolute Gasteiger partial charge is 0.482 e. The number of rotatable bonds is 6. The van der Waals surface area contributed by atoms with Crippen LogP contribution < -0.4 is 20.7 Å². The fraction of sp³-hybridized carbons (Fsp3) is 0.273. The van der Waals surface area contributed by atoms with Crippen LogP contribution in [0.25, 0.3) is 11.0 Å². The SMILES string of the molecule is CC(=O)OC(C)(C)C(=O)Nc1c[nH]c2c(C(=O)NCc3ccc4c(c3)NC(=O)CO4)ncnc12. The quantitative estimate of drug-likeness (QED) is 0.397. The van der Waals surface area contributed by atoms with Crippen molar-refractivity contribution in [3.63, 3.8) is 0 Å². The van der Waals surface area contributed by atoms with Crippen molar-refractivity contribution in [2.24, 2.45) is 0 Å². The van der Waals surface area contributed by atoms with E-state index in [1.807, 2.05) is 0 Å². The number of nitrogens with zero attached hydrogens (tertiary/aromatic N) is 2. The van der Waals surface area contributed by atoms with Crippen LogP contribution in [-0.4, -0.2) is 50.9 Å². The van der Waals surface area contributed by atoms with Gasteiger partial charge in [0.05, 0.1) is 16.9 Å². The second kappa shape index (κ2) is 8.81. The Hall–Kier alpha value is -4.48. The van der Waals surface area contributed by atoms with Crippen molar-refractivity contribution in [3.05, 3.63) is 42.0 Å². The highest BCUT2D eigenvalue weighted by Crippen LogP contribution is 2.28. The average molecular weight is 466 g/mol. The molecule has 34 heavy (non-hydrogen) atoms. The van der Waals surface area contributed by atoms with Crippen LogP contribution in [0.4, 0.5) is 11.4 Å². The van der Waals surface area contributed by atoms with E-state index in [1.165, 1.54) is 33.3 Å². The van der Waals surface area contributed by atoms with E-state index < -0.39 is 23.4 Å². The van der Waals surface area contributed by atoms with Gasteiger partial charge in [-0.05, 0) is 31.5 Å². The van der Waals surface area contributed by atoms with E-state index in [0.717, 1.165) is 5.56 Å². The number of esters is 1. The minimum Gasteiger partial charge on any atom is -0.482 e. The summed E-state index contributed by atoms with van der Waals surface area (Å²) in [5.41, 5.74) is 0.917. The van der Waals surface area contributed by atoms with Crippen molar-refractivity contribution >= 4 is 46.1 Å². The van der Waals surface area contributed by atoms with Crippen LogP contribution in [-0.2, 0) is 25.7 Å². The highest BCUT2D eigenvalue weighted by Gasteiger charge is 2.32. The number of nitrogens with one attached hydrogen (secondary N) is 4. The lowest BCUT2D eigenvalue weighted by Crippen LogP contribution is -2.41. The number of aromatic nitrogens is 3. The van der Waals surface area contributed by atoms with E-state index in [1.54, 1.807) is 18.2 Å². The summed E-state index contributed by atoms with van der Waals surface area (Å²) in [4.78, 5) is 59.3. The van der Waals surface area contributed by atoms with Crippen LogP contribution in [0.2, 0.25) is 0 Å². The Morgan fingerprint density at radius 1 is 1.24 bits per heavy atom. The van der Waals surface area contributed by atoms with E-state index in [-0.39, 0.29) is 24.8 Å². The number of hydrogen-bond acceptors (Lipinski definition) is 8. The number of fused-ring (bicyclic) bond motifs is 2. The highest BCUT2D eigenvalue weighted by molar-refractivity contribution is 6.09. The number of benzene rings is 1. The summed E-state index contributed by atoms with van der Waals surface area (Å²) >= 11 is 0. The van der Waals surface area contributed by atoms with Gasteiger partial charge in [-0.25, -0.2) is 9.97 Å². The molecule has 3 amide bonds. The molecule has 0 saturated carbocycles. The van der Waals surface area contributed by atoms with Crippen molar-refractivity contribution in [2.45, 2.75) is 32.9 Å². The molecule has 0 spiro atoms. The topological polar surface area (TPSA) is 164 Å².